The fourth-order valence-corrected chi connectivity index (χ4v) is 5.44. The van der Waals surface area contributed by atoms with E-state index < -0.39 is 18.0 Å². The predicted molar refractivity (Wildman–Crippen MR) is 155 cm³/mol. The highest BCUT2D eigenvalue weighted by atomic mass is 19.1. The number of hydrogen-bond acceptors (Lipinski definition) is 6. The summed E-state index contributed by atoms with van der Waals surface area (Å²) in [4.78, 5) is 12.1. The van der Waals surface area contributed by atoms with Gasteiger partial charge in [0.25, 0.3) is 0 Å². The number of hydrogen-bond donors (Lipinski definition) is 3. The van der Waals surface area contributed by atoms with Crippen LogP contribution in [0.1, 0.15) is 75.5 Å². The lowest BCUT2D eigenvalue weighted by molar-refractivity contribution is -0.120. The lowest BCUT2D eigenvalue weighted by atomic mass is 9.75. The smallest absolute Gasteiger partial charge is 0.217 e. The molecule has 1 amide bonds. The maximum absolute atomic E-state index is 14.4. The summed E-state index contributed by atoms with van der Waals surface area (Å²) in [6.45, 7) is 7.71. The van der Waals surface area contributed by atoms with E-state index >= 15 is 0 Å². The zero-order chi connectivity index (χ0) is 29.0. The fraction of sp³-hybridized carbons (Fsp3) is 0.594. The van der Waals surface area contributed by atoms with Gasteiger partial charge in [-0.3, -0.25) is 4.79 Å². The first-order valence-electron chi connectivity index (χ1n) is 14.5. The van der Waals surface area contributed by atoms with Gasteiger partial charge in [-0.25, -0.2) is 4.39 Å². The minimum absolute atomic E-state index is 0.226. The Hall–Kier alpha value is -2.52. The van der Waals surface area contributed by atoms with Gasteiger partial charge in [0, 0.05) is 32.2 Å². The number of aliphatic hydroxyl groups excluding tert-OH is 1. The van der Waals surface area contributed by atoms with E-state index in [-0.39, 0.29) is 24.5 Å². The molecule has 40 heavy (non-hydrogen) atoms. The third kappa shape index (κ3) is 9.84. The second kappa shape index (κ2) is 16.1. The van der Waals surface area contributed by atoms with E-state index in [2.05, 4.69) is 48.7 Å². The van der Waals surface area contributed by atoms with Gasteiger partial charge >= 0.3 is 0 Å². The summed E-state index contributed by atoms with van der Waals surface area (Å²) < 4.78 is 30.5. The number of rotatable bonds is 16. The van der Waals surface area contributed by atoms with E-state index in [0.29, 0.717) is 43.6 Å². The molecule has 2 aromatic carbocycles. The van der Waals surface area contributed by atoms with E-state index in [0.717, 1.165) is 25.7 Å². The number of halogens is 1. The van der Waals surface area contributed by atoms with Crippen molar-refractivity contribution in [2.45, 2.75) is 82.9 Å². The van der Waals surface area contributed by atoms with Gasteiger partial charge in [-0.1, -0.05) is 57.4 Å². The lowest BCUT2D eigenvalue weighted by Crippen LogP contribution is -2.53. The van der Waals surface area contributed by atoms with E-state index in [9.17, 15) is 14.3 Å². The molecule has 1 saturated carbocycles. The van der Waals surface area contributed by atoms with Crippen molar-refractivity contribution >= 4 is 5.91 Å². The highest BCUT2D eigenvalue weighted by Crippen LogP contribution is 2.38. The minimum atomic E-state index is -0.877. The Kier molecular flexibility index (Phi) is 12.8. The van der Waals surface area contributed by atoms with Crippen LogP contribution >= 0.6 is 0 Å². The molecule has 0 spiro atoms. The van der Waals surface area contributed by atoms with E-state index in [1.165, 1.54) is 36.6 Å². The summed E-state index contributed by atoms with van der Waals surface area (Å²) in [5.74, 6) is 0.125. The largest absolute Gasteiger partial charge is 0.491 e. The Labute approximate surface area is 238 Å². The zero-order valence-corrected chi connectivity index (χ0v) is 24.5. The predicted octanol–water partition coefficient (Wildman–Crippen LogP) is 4.85. The Morgan fingerprint density at radius 2 is 1.80 bits per heavy atom. The van der Waals surface area contributed by atoms with Gasteiger partial charge in [0.2, 0.25) is 5.91 Å². The molecule has 0 heterocycles. The average Bonchev–Trinajstić information content (AvgIpc) is 2.93. The molecule has 3 rings (SSSR count). The molecule has 222 valence electrons. The van der Waals surface area contributed by atoms with Gasteiger partial charge in [0.15, 0.2) is 0 Å². The van der Waals surface area contributed by atoms with Gasteiger partial charge in [-0.15, -0.1) is 0 Å². The summed E-state index contributed by atoms with van der Waals surface area (Å²) in [6.07, 6.45) is 4.81. The van der Waals surface area contributed by atoms with Crippen molar-refractivity contribution in [1.29, 1.82) is 0 Å². The number of benzene rings is 2. The molecule has 0 aliphatic heterocycles. The van der Waals surface area contributed by atoms with Crippen LogP contribution in [0.15, 0.2) is 42.5 Å². The number of methoxy groups -OCH3 is 1. The van der Waals surface area contributed by atoms with E-state index in [1.54, 1.807) is 13.2 Å². The normalized spacial score (nSPS) is 16.5. The van der Waals surface area contributed by atoms with Crippen LogP contribution in [0.2, 0.25) is 0 Å². The van der Waals surface area contributed by atoms with Crippen LogP contribution in [-0.4, -0.2) is 63.2 Å². The quantitative estimate of drug-likeness (QED) is 0.255. The lowest BCUT2D eigenvalue weighted by Gasteiger charge is -2.40. The number of carbonyl (C=O) groups excluding carboxylic acids is 1. The summed E-state index contributed by atoms with van der Waals surface area (Å²) >= 11 is 0. The van der Waals surface area contributed by atoms with Crippen LogP contribution in [0, 0.1) is 5.82 Å². The molecule has 0 bridgehead atoms. The first-order valence-corrected chi connectivity index (χ1v) is 14.5. The monoisotopic (exact) mass is 558 g/mol. The van der Waals surface area contributed by atoms with Crippen LogP contribution in [-0.2, 0) is 26.2 Å². The Balaban J connectivity index is 1.69. The number of nitrogens with one attached hydrogen (secondary N) is 2. The summed E-state index contributed by atoms with van der Waals surface area (Å²) in [5.41, 5.74) is 2.95. The number of aliphatic hydroxyl groups is 1. The second-order valence-corrected chi connectivity index (χ2v) is 11.1. The van der Waals surface area contributed by atoms with Crippen LogP contribution < -0.4 is 15.4 Å². The SMILES string of the molecule is COCCOCCOc1cc(F)cc(CC(NC(C)=O)C(O)CNC2(c3cccc(C(C)C)c3)CCCCC2)c1. The molecule has 3 N–H and O–H groups in total. The maximum atomic E-state index is 14.4. The van der Waals surface area contributed by atoms with Crippen molar-refractivity contribution in [3.05, 3.63) is 65.0 Å². The first-order chi connectivity index (χ1) is 19.2. The van der Waals surface area contributed by atoms with Crippen molar-refractivity contribution in [2.75, 3.05) is 40.1 Å². The Bertz CT molecular complexity index is 1060. The Morgan fingerprint density at radius 3 is 2.50 bits per heavy atom. The Morgan fingerprint density at radius 1 is 1.05 bits per heavy atom. The molecule has 8 heteroatoms. The molecular formula is C32H47FN2O5. The molecule has 2 aromatic rings. The van der Waals surface area contributed by atoms with Gasteiger partial charge in [-0.05, 0) is 54.0 Å². The van der Waals surface area contributed by atoms with Crippen LogP contribution in [0.5, 0.6) is 5.75 Å². The van der Waals surface area contributed by atoms with Crippen molar-refractivity contribution in [3.63, 3.8) is 0 Å². The van der Waals surface area contributed by atoms with E-state index in [1.807, 2.05) is 0 Å². The van der Waals surface area contributed by atoms with Gasteiger partial charge in [0.05, 0.1) is 32.0 Å². The standard InChI is InChI=1S/C32H47FN2O5/c1-23(2)26-9-8-10-27(20-26)32(11-6-5-7-12-32)34-22-31(37)30(35-24(3)36)19-25-17-28(33)21-29(18-25)40-16-15-39-14-13-38-4/h8-10,17-18,20-21,23,30-31,34,37H,5-7,11-16,19,22H2,1-4H3,(H,35,36). The zero-order valence-electron chi connectivity index (χ0n) is 24.5. The van der Waals surface area contributed by atoms with Gasteiger partial charge in [-0.2, -0.15) is 0 Å². The summed E-state index contributed by atoms with van der Waals surface area (Å²) in [5, 5.41) is 17.9. The first kappa shape index (κ1) is 32.0. The van der Waals surface area contributed by atoms with Crippen molar-refractivity contribution in [3.8, 4) is 5.75 Å². The third-order valence-electron chi connectivity index (χ3n) is 7.63. The topological polar surface area (TPSA) is 89.0 Å². The minimum Gasteiger partial charge on any atom is -0.491 e. The van der Waals surface area contributed by atoms with Crippen LogP contribution in [0.4, 0.5) is 4.39 Å². The highest BCUT2D eigenvalue weighted by molar-refractivity contribution is 5.73. The molecule has 0 saturated heterocycles. The maximum Gasteiger partial charge on any atom is 0.217 e. The average molecular weight is 559 g/mol. The molecule has 2 unspecified atom stereocenters. The molecule has 1 fully saturated rings. The van der Waals surface area contributed by atoms with Crippen molar-refractivity contribution in [1.82, 2.24) is 10.6 Å². The van der Waals surface area contributed by atoms with Gasteiger partial charge in [0.1, 0.15) is 18.2 Å². The third-order valence-corrected chi connectivity index (χ3v) is 7.63. The highest BCUT2D eigenvalue weighted by Gasteiger charge is 2.35. The molecule has 2 atom stereocenters. The molecule has 1 aliphatic rings. The van der Waals surface area contributed by atoms with Crippen molar-refractivity contribution < 1.29 is 28.5 Å². The summed E-state index contributed by atoms with van der Waals surface area (Å²) in [6, 6.07) is 12.6. The molecule has 0 aromatic heterocycles. The number of ether oxygens (including phenoxy) is 3. The van der Waals surface area contributed by atoms with Crippen molar-refractivity contribution in [2.24, 2.45) is 0 Å². The van der Waals surface area contributed by atoms with Gasteiger partial charge < -0.3 is 30.0 Å². The number of carbonyl (C=O) groups is 1. The van der Waals surface area contributed by atoms with Crippen LogP contribution in [0.25, 0.3) is 0 Å². The molecule has 0 radical (unpaired) electrons. The summed E-state index contributed by atoms with van der Waals surface area (Å²) in [7, 11) is 1.61. The fourth-order valence-electron chi connectivity index (χ4n) is 5.44. The number of amides is 1. The molecule has 7 nitrogen and oxygen atoms in total. The van der Waals surface area contributed by atoms with Crippen LogP contribution in [0.3, 0.4) is 0 Å². The van der Waals surface area contributed by atoms with E-state index in [4.69, 9.17) is 14.2 Å². The molecular weight excluding hydrogens is 511 g/mol. The molecule has 1 aliphatic carbocycles. The second-order valence-electron chi connectivity index (χ2n) is 11.1.